The Bertz CT molecular complexity index is 160. The molecular weight excluding hydrogens is 158 g/mol. The molecule has 1 N–H and O–H groups in total. The first-order valence-electron chi connectivity index (χ1n) is 3.86. The molecule has 0 fully saturated rings. The van der Waals surface area contributed by atoms with Gasteiger partial charge in [0.1, 0.15) is 6.23 Å². The molecule has 1 amide bonds. The summed E-state index contributed by atoms with van der Waals surface area (Å²) in [6.07, 6.45) is -1.35. The number of aliphatic hydroxyl groups is 1. The first-order valence-corrected chi connectivity index (χ1v) is 3.86. The lowest BCUT2D eigenvalue weighted by Crippen LogP contribution is -2.50. The van der Waals surface area contributed by atoms with Crippen molar-refractivity contribution < 1.29 is 14.6 Å². The van der Waals surface area contributed by atoms with E-state index < -0.39 is 17.9 Å². The van der Waals surface area contributed by atoms with Crippen LogP contribution in [0.25, 0.3) is 0 Å². The minimum Gasteiger partial charge on any atom is -0.453 e. The summed E-state index contributed by atoms with van der Waals surface area (Å²) in [6.45, 7) is 7.02. The molecule has 0 bridgehead atoms. The highest BCUT2D eigenvalue weighted by Gasteiger charge is 2.30. The second-order valence-corrected chi connectivity index (χ2v) is 3.64. The second-order valence-electron chi connectivity index (χ2n) is 3.64. The standard InChI is InChI=1S/C8H17NO3/c1-6(10)9(7(11)12-5)8(2,3)4/h6,10H,1-5H3. The summed E-state index contributed by atoms with van der Waals surface area (Å²) in [5.41, 5.74) is -0.429. The number of methoxy groups -OCH3 is 1. The summed E-state index contributed by atoms with van der Waals surface area (Å²) in [5, 5.41) is 9.27. The maximum atomic E-state index is 11.1. The van der Waals surface area contributed by atoms with E-state index in [4.69, 9.17) is 0 Å². The van der Waals surface area contributed by atoms with E-state index in [9.17, 15) is 9.90 Å². The molecule has 4 heteroatoms. The van der Waals surface area contributed by atoms with Crippen LogP contribution in [-0.2, 0) is 4.74 Å². The van der Waals surface area contributed by atoms with Crippen LogP contribution >= 0.6 is 0 Å². The molecule has 0 saturated carbocycles. The van der Waals surface area contributed by atoms with Crippen LogP contribution in [0.5, 0.6) is 0 Å². The maximum absolute atomic E-state index is 11.1. The number of aliphatic hydroxyl groups excluding tert-OH is 1. The van der Waals surface area contributed by atoms with E-state index in [1.807, 2.05) is 20.8 Å². The summed E-state index contributed by atoms with van der Waals surface area (Å²) in [7, 11) is 1.30. The molecule has 0 aromatic carbocycles. The van der Waals surface area contributed by atoms with Gasteiger partial charge in [0.15, 0.2) is 0 Å². The van der Waals surface area contributed by atoms with E-state index >= 15 is 0 Å². The van der Waals surface area contributed by atoms with Gasteiger partial charge in [0.2, 0.25) is 0 Å². The molecule has 0 aromatic heterocycles. The molecule has 0 spiro atoms. The number of amides is 1. The molecule has 0 aliphatic carbocycles. The smallest absolute Gasteiger partial charge is 0.411 e. The summed E-state index contributed by atoms with van der Waals surface area (Å²) >= 11 is 0. The van der Waals surface area contributed by atoms with Crippen LogP contribution in [-0.4, -0.2) is 35.0 Å². The molecule has 4 nitrogen and oxygen atoms in total. The fourth-order valence-electron chi connectivity index (χ4n) is 1.09. The van der Waals surface area contributed by atoms with Crippen molar-refractivity contribution >= 4 is 6.09 Å². The third-order valence-corrected chi connectivity index (χ3v) is 1.47. The highest BCUT2D eigenvalue weighted by atomic mass is 16.5. The summed E-state index contributed by atoms with van der Waals surface area (Å²) in [6, 6.07) is 0. The van der Waals surface area contributed by atoms with Gasteiger partial charge in [0.05, 0.1) is 7.11 Å². The fraction of sp³-hybridized carbons (Fsp3) is 0.875. The molecule has 72 valence electrons. The molecule has 0 aromatic rings. The summed E-state index contributed by atoms with van der Waals surface area (Å²) in [5.74, 6) is 0. The zero-order chi connectivity index (χ0) is 9.94. The monoisotopic (exact) mass is 175 g/mol. The minimum atomic E-state index is -0.836. The molecule has 12 heavy (non-hydrogen) atoms. The van der Waals surface area contributed by atoms with Crippen molar-refractivity contribution in [2.45, 2.75) is 39.5 Å². The Hall–Kier alpha value is -0.770. The van der Waals surface area contributed by atoms with Crippen LogP contribution in [0.2, 0.25) is 0 Å². The lowest BCUT2D eigenvalue weighted by Gasteiger charge is -2.36. The zero-order valence-corrected chi connectivity index (χ0v) is 8.29. The lowest BCUT2D eigenvalue weighted by molar-refractivity contribution is -0.0277. The molecule has 0 rings (SSSR count). The van der Waals surface area contributed by atoms with Crippen molar-refractivity contribution in [3.63, 3.8) is 0 Å². The number of rotatable bonds is 1. The van der Waals surface area contributed by atoms with Gasteiger partial charge in [0, 0.05) is 5.54 Å². The average Bonchev–Trinajstić information content (AvgIpc) is 1.83. The number of carbonyl (C=O) groups is 1. The van der Waals surface area contributed by atoms with E-state index in [1.54, 1.807) is 0 Å². The SMILES string of the molecule is COC(=O)N(C(C)O)C(C)(C)C. The van der Waals surface area contributed by atoms with Crippen molar-refractivity contribution in [1.82, 2.24) is 4.90 Å². The number of nitrogens with zero attached hydrogens (tertiary/aromatic N) is 1. The highest BCUT2D eigenvalue weighted by Crippen LogP contribution is 2.16. The van der Waals surface area contributed by atoms with Crippen molar-refractivity contribution in [1.29, 1.82) is 0 Å². The third kappa shape index (κ3) is 2.70. The van der Waals surface area contributed by atoms with Crippen LogP contribution in [0, 0.1) is 0 Å². The lowest BCUT2D eigenvalue weighted by atomic mass is 10.1. The normalized spacial score (nSPS) is 13.8. The molecular formula is C8H17NO3. The van der Waals surface area contributed by atoms with Gasteiger partial charge in [0.25, 0.3) is 0 Å². The molecule has 0 aliphatic heterocycles. The van der Waals surface area contributed by atoms with E-state index in [0.29, 0.717) is 0 Å². The van der Waals surface area contributed by atoms with E-state index in [1.165, 1.54) is 18.9 Å². The molecule has 0 heterocycles. The minimum absolute atomic E-state index is 0.429. The number of ether oxygens (including phenoxy) is 1. The number of carbonyl (C=O) groups excluding carboxylic acids is 1. The number of hydrogen-bond acceptors (Lipinski definition) is 3. The van der Waals surface area contributed by atoms with Crippen LogP contribution < -0.4 is 0 Å². The van der Waals surface area contributed by atoms with Crippen LogP contribution in [0.1, 0.15) is 27.7 Å². The zero-order valence-electron chi connectivity index (χ0n) is 8.29. The first-order chi connectivity index (χ1) is 5.30. The predicted octanol–water partition coefficient (Wildman–Crippen LogP) is 1.19. The second kappa shape index (κ2) is 3.76. The van der Waals surface area contributed by atoms with Gasteiger partial charge in [-0.3, -0.25) is 4.90 Å². The van der Waals surface area contributed by atoms with E-state index in [-0.39, 0.29) is 0 Å². The quantitative estimate of drug-likeness (QED) is 0.609. The van der Waals surface area contributed by atoms with Crippen molar-refractivity contribution in [3.05, 3.63) is 0 Å². The van der Waals surface area contributed by atoms with Gasteiger partial charge in [-0.2, -0.15) is 0 Å². The maximum Gasteiger partial charge on any atom is 0.411 e. The largest absolute Gasteiger partial charge is 0.453 e. The molecule has 0 radical (unpaired) electrons. The van der Waals surface area contributed by atoms with E-state index in [0.717, 1.165) is 0 Å². The third-order valence-electron chi connectivity index (χ3n) is 1.47. The molecule has 0 saturated heterocycles. The predicted molar refractivity (Wildman–Crippen MR) is 45.7 cm³/mol. The Morgan fingerprint density at radius 1 is 1.50 bits per heavy atom. The Kier molecular flexibility index (Phi) is 3.52. The van der Waals surface area contributed by atoms with Gasteiger partial charge in [-0.1, -0.05) is 0 Å². The van der Waals surface area contributed by atoms with Crippen LogP contribution in [0.3, 0.4) is 0 Å². The average molecular weight is 175 g/mol. The molecule has 1 atom stereocenters. The van der Waals surface area contributed by atoms with Gasteiger partial charge in [-0.25, -0.2) is 4.79 Å². The van der Waals surface area contributed by atoms with Gasteiger partial charge < -0.3 is 9.84 Å². The Morgan fingerprint density at radius 2 is 1.92 bits per heavy atom. The van der Waals surface area contributed by atoms with Gasteiger partial charge >= 0.3 is 6.09 Å². The van der Waals surface area contributed by atoms with Gasteiger partial charge in [-0.05, 0) is 27.7 Å². The summed E-state index contributed by atoms with van der Waals surface area (Å²) in [4.78, 5) is 12.4. The Balaban J connectivity index is 4.56. The molecule has 1 unspecified atom stereocenters. The first kappa shape index (κ1) is 11.2. The fourth-order valence-corrected chi connectivity index (χ4v) is 1.09. The number of hydrogen-bond donors (Lipinski definition) is 1. The van der Waals surface area contributed by atoms with E-state index in [2.05, 4.69) is 4.74 Å². The topological polar surface area (TPSA) is 49.8 Å². The Morgan fingerprint density at radius 3 is 2.00 bits per heavy atom. The highest BCUT2D eigenvalue weighted by molar-refractivity contribution is 5.68. The summed E-state index contributed by atoms with van der Waals surface area (Å²) < 4.78 is 4.53. The van der Waals surface area contributed by atoms with Crippen LogP contribution in [0.15, 0.2) is 0 Å². The van der Waals surface area contributed by atoms with Gasteiger partial charge in [-0.15, -0.1) is 0 Å². The van der Waals surface area contributed by atoms with Crippen molar-refractivity contribution in [2.75, 3.05) is 7.11 Å². The van der Waals surface area contributed by atoms with Crippen molar-refractivity contribution in [3.8, 4) is 0 Å². The molecule has 0 aliphatic rings. The van der Waals surface area contributed by atoms with Crippen LogP contribution in [0.4, 0.5) is 4.79 Å². The van der Waals surface area contributed by atoms with Crippen molar-refractivity contribution in [2.24, 2.45) is 0 Å². The Labute approximate surface area is 73.1 Å².